The number of carbonyl (C=O) groups is 2. The highest BCUT2D eigenvalue weighted by atomic mass is 16.6. The lowest BCUT2D eigenvalue weighted by Gasteiger charge is -2.38. The molecular weight excluding hydrogens is 272 g/mol. The van der Waals surface area contributed by atoms with E-state index < -0.39 is 5.60 Å². The van der Waals surface area contributed by atoms with Gasteiger partial charge in [0.1, 0.15) is 11.6 Å². The molecule has 1 aliphatic heterocycles. The van der Waals surface area contributed by atoms with Crippen molar-refractivity contribution in [2.45, 2.75) is 58.2 Å². The minimum absolute atomic E-state index is 0.154. The van der Waals surface area contributed by atoms with Crippen LogP contribution in [-0.2, 0) is 14.3 Å². The van der Waals surface area contributed by atoms with Crippen LogP contribution in [0.5, 0.6) is 0 Å². The highest BCUT2D eigenvalue weighted by molar-refractivity contribution is 5.75. The molecule has 21 heavy (non-hydrogen) atoms. The van der Waals surface area contributed by atoms with Crippen molar-refractivity contribution in [1.82, 2.24) is 9.80 Å². The van der Waals surface area contributed by atoms with Crippen LogP contribution in [0.1, 0.15) is 40.5 Å². The summed E-state index contributed by atoms with van der Waals surface area (Å²) in [7, 11) is 3.18. The summed E-state index contributed by atoms with van der Waals surface area (Å²) in [6, 6.07) is -0.0799. The number of rotatable bonds is 3. The second-order valence-corrected chi connectivity index (χ2v) is 6.56. The molecule has 0 aromatic carbocycles. The van der Waals surface area contributed by atoms with E-state index >= 15 is 0 Å². The quantitative estimate of drug-likeness (QED) is 0.745. The summed E-state index contributed by atoms with van der Waals surface area (Å²) in [5, 5.41) is 0. The minimum Gasteiger partial charge on any atom is -0.468 e. The molecule has 0 aliphatic carbocycles. The third-order valence-electron chi connectivity index (χ3n) is 3.82. The van der Waals surface area contributed by atoms with Gasteiger partial charge in [-0.2, -0.15) is 0 Å². The summed E-state index contributed by atoms with van der Waals surface area (Å²) in [6.07, 6.45) is 1.37. The maximum Gasteiger partial charge on any atom is 0.410 e. The number of likely N-dealkylation sites (tertiary alicyclic amines) is 1. The Morgan fingerprint density at radius 3 is 2.19 bits per heavy atom. The molecule has 0 aromatic rings. The number of hydrogen-bond donors (Lipinski definition) is 0. The van der Waals surface area contributed by atoms with Crippen LogP contribution in [0, 0.1) is 0 Å². The first-order valence-electron chi connectivity index (χ1n) is 7.43. The predicted molar refractivity (Wildman–Crippen MR) is 80.1 cm³/mol. The van der Waals surface area contributed by atoms with Crippen molar-refractivity contribution >= 4 is 12.1 Å². The topological polar surface area (TPSA) is 59.1 Å². The fourth-order valence-corrected chi connectivity index (χ4v) is 2.46. The second-order valence-electron chi connectivity index (χ2n) is 6.56. The molecule has 122 valence electrons. The molecule has 6 heteroatoms. The first-order chi connectivity index (χ1) is 9.65. The monoisotopic (exact) mass is 300 g/mol. The van der Waals surface area contributed by atoms with E-state index in [-0.39, 0.29) is 24.1 Å². The molecule has 1 amide bonds. The number of esters is 1. The second kappa shape index (κ2) is 7.11. The summed E-state index contributed by atoms with van der Waals surface area (Å²) in [6.45, 7) is 8.98. The van der Waals surface area contributed by atoms with Crippen LogP contribution in [0.3, 0.4) is 0 Å². The fourth-order valence-electron chi connectivity index (χ4n) is 2.46. The third-order valence-corrected chi connectivity index (χ3v) is 3.82. The lowest BCUT2D eigenvalue weighted by atomic mass is 10.0. The molecule has 0 bridgehead atoms. The van der Waals surface area contributed by atoms with Crippen LogP contribution in [0.25, 0.3) is 0 Å². The number of methoxy groups -OCH3 is 1. The van der Waals surface area contributed by atoms with Crippen molar-refractivity contribution in [3.05, 3.63) is 0 Å². The SMILES string of the molecule is COC(=O)[C@H](C)N1CCC(N(C)C(=O)OC(C)(C)C)CC1. The van der Waals surface area contributed by atoms with Gasteiger partial charge in [0.2, 0.25) is 0 Å². The maximum atomic E-state index is 12.0. The van der Waals surface area contributed by atoms with Crippen molar-refractivity contribution in [2.24, 2.45) is 0 Å². The summed E-state index contributed by atoms with van der Waals surface area (Å²) in [5.74, 6) is -0.214. The van der Waals surface area contributed by atoms with Gasteiger partial charge in [-0.25, -0.2) is 4.79 Å². The number of ether oxygens (including phenoxy) is 2. The van der Waals surface area contributed by atoms with E-state index in [0.29, 0.717) is 0 Å². The zero-order chi connectivity index (χ0) is 16.2. The Hall–Kier alpha value is -1.30. The molecule has 6 nitrogen and oxygen atoms in total. The first-order valence-corrected chi connectivity index (χ1v) is 7.43. The number of hydrogen-bond acceptors (Lipinski definition) is 5. The molecule has 0 unspecified atom stereocenters. The standard InChI is InChI=1S/C15H28N2O4/c1-11(13(18)20-6)17-9-7-12(8-10-17)16(5)14(19)21-15(2,3)4/h11-12H,7-10H2,1-6H3/t11-/m0/s1. The normalized spacial score (nSPS) is 19.0. The Labute approximate surface area is 127 Å². The van der Waals surface area contributed by atoms with Gasteiger partial charge in [0.15, 0.2) is 0 Å². The largest absolute Gasteiger partial charge is 0.468 e. The molecular formula is C15H28N2O4. The van der Waals surface area contributed by atoms with E-state index in [0.717, 1.165) is 25.9 Å². The Balaban J connectivity index is 2.49. The number of amides is 1. The van der Waals surface area contributed by atoms with E-state index in [1.54, 1.807) is 11.9 Å². The highest BCUT2D eigenvalue weighted by Crippen LogP contribution is 2.20. The van der Waals surface area contributed by atoms with Gasteiger partial charge in [-0.1, -0.05) is 0 Å². The Kier molecular flexibility index (Phi) is 6.01. The summed E-state index contributed by atoms with van der Waals surface area (Å²) in [4.78, 5) is 27.3. The molecule has 1 aliphatic rings. The molecule has 1 atom stereocenters. The smallest absolute Gasteiger partial charge is 0.410 e. The summed E-state index contributed by atoms with van der Waals surface area (Å²) < 4.78 is 10.1. The van der Waals surface area contributed by atoms with Crippen LogP contribution in [-0.4, -0.2) is 66.8 Å². The molecule has 1 heterocycles. The molecule has 1 saturated heterocycles. The number of carbonyl (C=O) groups excluding carboxylic acids is 2. The summed E-state index contributed by atoms with van der Waals surface area (Å²) >= 11 is 0. The van der Waals surface area contributed by atoms with Gasteiger partial charge in [0, 0.05) is 26.2 Å². The van der Waals surface area contributed by atoms with Crippen LogP contribution < -0.4 is 0 Å². The zero-order valence-corrected chi connectivity index (χ0v) is 14.0. The van der Waals surface area contributed by atoms with Crippen molar-refractivity contribution in [3.63, 3.8) is 0 Å². The highest BCUT2D eigenvalue weighted by Gasteiger charge is 2.31. The molecule has 0 aromatic heterocycles. The van der Waals surface area contributed by atoms with E-state index in [1.165, 1.54) is 7.11 Å². The lowest BCUT2D eigenvalue weighted by molar-refractivity contribution is -0.146. The molecule has 1 rings (SSSR count). The fraction of sp³-hybridized carbons (Fsp3) is 0.867. The average molecular weight is 300 g/mol. The van der Waals surface area contributed by atoms with Crippen LogP contribution in [0.15, 0.2) is 0 Å². The maximum absolute atomic E-state index is 12.0. The van der Waals surface area contributed by atoms with Gasteiger partial charge >= 0.3 is 12.1 Å². The number of piperidine rings is 1. The average Bonchev–Trinajstić information content (AvgIpc) is 2.43. The zero-order valence-electron chi connectivity index (χ0n) is 14.0. The molecule has 0 N–H and O–H groups in total. The molecule has 0 radical (unpaired) electrons. The van der Waals surface area contributed by atoms with E-state index in [2.05, 4.69) is 4.90 Å². The minimum atomic E-state index is -0.481. The molecule has 0 saturated carbocycles. The molecule has 0 spiro atoms. The van der Waals surface area contributed by atoms with Crippen LogP contribution >= 0.6 is 0 Å². The van der Waals surface area contributed by atoms with E-state index in [1.807, 2.05) is 27.7 Å². The van der Waals surface area contributed by atoms with Crippen molar-refractivity contribution in [3.8, 4) is 0 Å². The predicted octanol–water partition coefficient (Wildman–Crippen LogP) is 1.88. The Morgan fingerprint density at radius 2 is 1.76 bits per heavy atom. The van der Waals surface area contributed by atoms with Gasteiger partial charge in [0.25, 0.3) is 0 Å². The van der Waals surface area contributed by atoms with Crippen molar-refractivity contribution in [2.75, 3.05) is 27.2 Å². The van der Waals surface area contributed by atoms with Gasteiger partial charge in [-0.15, -0.1) is 0 Å². The van der Waals surface area contributed by atoms with Gasteiger partial charge in [-0.05, 0) is 40.5 Å². The summed E-state index contributed by atoms with van der Waals surface area (Å²) in [5.41, 5.74) is -0.481. The van der Waals surface area contributed by atoms with Gasteiger partial charge in [0.05, 0.1) is 7.11 Å². The van der Waals surface area contributed by atoms with E-state index in [9.17, 15) is 9.59 Å². The van der Waals surface area contributed by atoms with Gasteiger partial charge in [-0.3, -0.25) is 9.69 Å². The Bertz CT molecular complexity index is 370. The van der Waals surface area contributed by atoms with Crippen molar-refractivity contribution in [1.29, 1.82) is 0 Å². The van der Waals surface area contributed by atoms with Crippen molar-refractivity contribution < 1.29 is 19.1 Å². The lowest BCUT2D eigenvalue weighted by Crippen LogP contribution is -2.50. The first kappa shape index (κ1) is 17.8. The third kappa shape index (κ3) is 5.19. The molecule has 1 fully saturated rings. The number of nitrogens with zero attached hydrogens (tertiary/aromatic N) is 2. The Morgan fingerprint density at radius 1 is 1.24 bits per heavy atom. The van der Waals surface area contributed by atoms with Crippen LogP contribution in [0.4, 0.5) is 4.79 Å². The van der Waals surface area contributed by atoms with Crippen LogP contribution in [0.2, 0.25) is 0 Å². The van der Waals surface area contributed by atoms with E-state index in [4.69, 9.17) is 9.47 Å². The van der Waals surface area contributed by atoms with Gasteiger partial charge < -0.3 is 14.4 Å².